The van der Waals surface area contributed by atoms with Crippen LogP contribution in [0, 0.1) is 11.8 Å². The quantitative estimate of drug-likeness (QED) is 0.501. The van der Waals surface area contributed by atoms with E-state index in [1.807, 2.05) is 0 Å². The van der Waals surface area contributed by atoms with Crippen LogP contribution < -0.4 is 0 Å². The summed E-state index contributed by atoms with van der Waals surface area (Å²) in [6.45, 7) is 2.21. The third-order valence-electron chi connectivity index (χ3n) is 3.34. The van der Waals surface area contributed by atoms with E-state index in [2.05, 4.69) is 6.92 Å². The molecular weight excluding hydrogens is 176 g/mol. The van der Waals surface area contributed by atoms with Crippen molar-refractivity contribution in [2.45, 2.75) is 51.9 Å². The molecule has 2 heteroatoms. The molecule has 1 aliphatic carbocycles. The third-order valence-corrected chi connectivity index (χ3v) is 3.34. The molecule has 0 N–H and O–H groups in total. The molecule has 0 aliphatic heterocycles. The predicted molar refractivity (Wildman–Crippen MR) is 57.0 cm³/mol. The van der Waals surface area contributed by atoms with Crippen LogP contribution in [0.4, 0.5) is 0 Å². The highest BCUT2D eigenvalue weighted by atomic mass is 16.5. The van der Waals surface area contributed by atoms with Crippen LogP contribution in [0.2, 0.25) is 0 Å². The molecule has 1 fully saturated rings. The van der Waals surface area contributed by atoms with Crippen molar-refractivity contribution in [2.75, 3.05) is 7.11 Å². The zero-order valence-electron chi connectivity index (χ0n) is 9.42. The van der Waals surface area contributed by atoms with Gasteiger partial charge >= 0.3 is 5.97 Å². The largest absolute Gasteiger partial charge is 0.469 e. The topological polar surface area (TPSA) is 26.3 Å². The summed E-state index contributed by atoms with van der Waals surface area (Å²) in [5, 5.41) is 0. The Labute approximate surface area is 87.0 Å². The SMILES string of the molecule is CCCCC[C@H]1CCC[C@@H]1C(=O)OC. The molecule has 2 nitrogen and oxygen atoms in total. The van der Waals surface area contributed by atoms with E-state index in [1.54, 1.807) is 0 Å². The van der Waals surface area contributed by atoms with Crippen LogP contribution in [0.5, 0.6) is 0 Å². The molecule has 0 aromatic carbocycles. The van der Waals surface area contributed by atoms with Crippen molar-refractivity contribution in [2.24, 2.45) is 11.8 Å². The summed E-state index contributed by atoms with van der Waals surface area (Å²) in [5.41, 5.74) is 0. The summed E-state index contributed by atoms with van der Waals surface area (Å²) in [6, 6.07) is 0. The van der Waals surface area contributed by atoms with E-state index in [4.69, 9.17) is 4.74 Å². The van der Waals surface area contributed by atoms with Gasteiger partial charge in [-0.1, -0.05) is 32.6 Å². The van der Waals surface area contributed by atoms with Crippen molar-refractivity contribution in [1.29, 1.82) is 0 Å². The number of hydrogen-bond donors (Lipinski definition) is 0. The van der Waals surface area contributed by atoms with Crippen LogP contribution in [0.1, 0.15) is 51.9 Å². The highest BCUT2D eigenvalue weighted by Crippen LogP contribution is 2.35. The Bertz CT molecular complexity index is 177. The summed E-state index contributed by atoms with van der Waals surface area (Å²) in [7, 11) is 1.50. The number of esters is 1. The molecule has 0 spiro atoms. The summed E-state index contributed by atoms with van der Waals surface area (Å²) in [5.74, 6) is 0.829. The number of carbonyl (C=O) groups excluding carboxylic acids is 1. The highest BCUT2D eigenvalue weighted by Gasteiger charge is 2.32. The van der Waals surface area contributed by atoms with Gasteiger partial charge in [0.05, 0.1) is 13.0 Å². The van der Waals surface area contributed by atoms with Crippen molar-refractivity contribution in [3.05, 3.63) is 0 Å². The molecule has 0 aromatic heterocycles. The molecule has 1 saturated carbocycles. The molecule has 0 bridgehead atoms. The molecule has 14 heavy (non-hydrogen) atoms. The van der Waals surface area contributed by atoms with Gasteiger partial charge < -0.3 is 4.74 Å². The molecule has 0 aromatic rings. The van der Waals surface area contributed by atoms with Crippen LogP contribution in [-0.2, 0) is 9.53 Å². The molecule has 82 valence electrons. The lowest BCUT2D eigenvalue weighted by Gasteiger charge is -2.16. The van der Waals surface area contributed by atoms with Gasteiger partial charge in [-0.2, -0.15) is 0 Å². The van der Waals surface area contributed by atoms with Crippen molar-refractivity contribution < 1.29 is 9.53 Å². The zero-order valence-corrected chi connectivity index (χ0v) is 9.42. The summed E-state index contributed by atoms with van der Waals surface area (Å²) in [4.78, 5) is 11.4. The van der Waals surface area contributed by atoms with E-state index < -0.39 is 0 Å². The first kappa shape index (κ1) is 11.5. The fourth-order valence-corrected chi connectivity index (χ4v) is 2.50. The second kappa shape index (κ2) is 6.05. The summed E-state index contributed by atoms with van der Waals surface area (Å²) < 4.78 is 4.83. The highest BCUT2D eigenvalue weighted by molar-refractivity contribution is 5.72. The number of carbonyl (C=O) groups is 1. The minimum absolute atomic E-state index is 0.0176. The van der Waals surface area contributed by atoms with Crippen molar-refractivity contribution in [1.82, 2.24) is 0 Å². The smallest absolute Gasteiger partial charge is 0.308 e. The Hall–Kier alpha value is -0.530. The van der Waals surface area contributed by atoms with E-state index in [0.717, 1.165) is 6.42 Å². The van der Waals surface area contributed by atoms with Gasteiger partial charge in [0.15, 0.2) is 0 Å². The van der Waals surface area contributed by atoms with Gasteiger partial charge in [-0.3, -0.25) is 4.79 Å². The van der Waals surface area contributed by atoms with Gasteiger partial charge in [-0.15, -0.1) is 0 Å². The fourth-order valence-electron chi connectivity index (χ4n) is 2.50. The summed E-state index contributed by atoms with van der Waals surface area (Å²) >= 11 is 0. The van der Waals surface area contributed by atoms with Gasteiger partial charge in [0, 0.05) is 0 Å². The van der Waals surface area contributed by atoms with Gasteiger partial charge in [0.2, 0.25) is 0 Å². The molecule has 1 aliphatic rings. The minimum atomic E-state index is 0.0176. The van der Waals surface area contributed by atoms with Crippen LogP contribution >= 0.6 is 0 Å². The fraction of sp³-hybridized carbons (Fsp3) is 0.917. The molecular formula is C12H22O2. The van der Waals surface area contributed by atoms with Gasteiger partial charge in [0.25, 0.3) is 0 Å². The number of unbranched alkanes of at least 4 members (excludes halogenated alkanes) is 2. The lowest BCUT2D eigenvalue weighted by molar-refractivity contribution is -0.146. The van der Waals surface area contributed by atoms with Gasteiger partial charge in [-0.05, 0) is 25.2 Å². The number of ether oxygens (including phenoxy) is 1. The first-order valence-corrected chi connectivity index (χ1v) is 5.87. The maximum atomic E-state index is 11.4. The second-order valence-electron chi connectivity index (χ2n) is 4.32. The van der Waals surface area contributed by atoms with Gasteiger partial charge in [-0.25, -0.2) is 0 Å². The van der Waals surface area contributed by atoms with E-state index in [0.29, 0.717) is 5.92 Å². The molecule has 0 unspecified atom stereocenters. The standard InChI is InChI=1S/C12H22O2/c1-3-4-5-7-10-8-6-9-11(10)12(13)14-2/h10-11H,3-9H2,1-2H3/t10-,11-/m0/s1. The monoisotopic (exact) mass is 198 g/mol. The van der Waals surface area contributed by atoms with Crippen LogP contribution in [0.15, 0.2) is 0 Å². The second-order valence-corrected chi connectivity index (χ2v) is 4.32. The van der Waals surface area contributed by atoms with E-state index in [1.165, 1.54) is 45.6 Å². The van der Waals surface area contributed by atoms with Crippen LogP contribution in [-0.4, -0.2) is 13.1 Å². The maximum absolute atomic E-state index is 11.4. The Morgan fingerprint density at radius 1 is 1.36 bits per heavy atom. The Morgan fingerprint density at radius 3 is 2.79 bits per heavy atom. The Balaban J connectivity index is 2.31. The average Bonchev–Trinajstić information content (AvgIpc) is 2.65. The van der Waals surface area contributed by atoms with Crippen molar-refractivity contribution >= 4 is 5.97 Å². The summed E-state index contributed by atoms with van der Waals surface area (Å²) in [6.07, 6.45) is 8.52. The van der Waals surface area contributed by atoms with E-state index in [9.17, 15) is 4.79 Å². The lowest BCUT2D eigenvalue weighted by atomic mass is 9.91. The first-order valence-electron chi connectivity index (χ1n) is 5.87. The molecule has 0 heterocycles. The van der Waals surface area contributed by atoms with Crippen molar-refractivity contribution in [3.63, 3.8) is 0 Å². The Kier molecular flexibility index (Phi) is 4.99. The Morgan fingerprint density at radius 2 is 2.14 bits per heavy atom. The van der Waals surface area contributed by atoms with E-state index >= 15 is 0 Å². The average molecular weight is 198 g/mol. The van der Waals surface area contributed by atoms with Crippen LogP contribution in [0.3, 0.4) is 0 Å². The zero-order chi connectivity index (χ0) is 10.4. The van der Waals surface area contributed by atoms with Gasteiger partial charge in [0.1, 0.15) is 0 Å². The minimum Gasteiger partial charge on any atom is -0.469 e. The molecule has 0 amide bonds. The number of methoxy groups -OCH3 is 1. The molecule has 1 rings (SSSR count). The maximum Gasteiger partial charge on any atom is 0.308 e. The molecule has 2 atom stereocenters. The molecule has 0 radical (unpaired) electrons. The number of hydrogen-bond acceptors (Lipinski definition) is 2. The lowest BCUT2D eigenvalue weighted by Crippen LogP contribution is -2.20. The normalized spacial score (nSPS) is 26.4. The predicted octanol–water partition coefficient (Wildman–Crippen LogP) is 3.16. The number of rotatable bonds is 5. The van der Waals surface area contributed by atoms with Crippen molar-refractivity contribution in [3.8, 4) is 0 Å². The van der Waals surface area contributed by atoms with Crippen LogP contribution in [0.25, 0.3) is 0 Å². The van der Waals surface area contributed by atoms with E-state index in [-0.39, 0.29) is 11.9 Å². The first-order chi connectivity index (χ1) is 6.79. The third kappa shape index (κ3) is 3.00. The molecule has 0 saturated heterocycles.